The highest BCUT2D eigenvalue weighted by Gasteiger charge is 2.34. The minimum Gasteiger partial charge on any atom is -0.0628 e. The van der Waals surface area contributed by atoms with Crippen molar-refractivity contribution >= 4 is 0 Å². The second-order valence-corrected chi connectivity index (χ2v) is 5.79. The third-order valence-corrected chi connectivity index (χ3v) is 3.77. The highest BCUT2D eigenvalue weighted by molar-refractivity contribution is 4.84. The molecule has 0 amide bonds. The SMILES string of the molecule is CC(C)CC(C)C(C)CC1CC1C. The molecule has 0 N–H and O–H groups in total. The molecule has 0 radical (unpaired) electrons. The highest BCUT2D eigenvalue weighted by atomic mass is 14.4. The molecule has 1 aliphatic rings. The zero-order valence-corrected chi connectivity index (χ0v) is 10.0. The number of hydrogen-bond donors (Lipinski definition) is 0. The van der Waals surface area contributed by atoms with Gasteiger partial charge in [0.05, 0.1) is 0 Å². The van der Waals surface area contributed by atoms with E-state index in [0.717, 1.165) is 29.6 Å². The van der Waals surface area contributed by atoms with Crippen molar-refractivity contribution in [1.82, 2.24) is 0 Å². The normalized spacial score (nSPS) is 31.8. The van der Waals surface area contributed by atoms with E-state index in [-0.39, 0.29) is 0 Å². The molecule has 78 valence electrons. The van der Waals surface area contributed by atoms with Gasteiger partial charge in [0.25, 0.3) is 0 Å². The molecule has 0 spiro atoms. The lowest BCUT2D eigenvalue weighted by Crippen LogP contribution is -2.11. The smallest absolute Gasteiger partial charge is 0.0383 e. The van der Waals surface area contributed by atoms with Crippen molar-refractivity contribution in [2.75, 3.05) is 0 Å². The largest absolute Gasteiger partial charge is 0.0628 e. The van der Waals surface area contributed by atoms with E-state index in [1.807, 2.05) is 0 Å². The predicted octanol–water partition coefficient (Wildman–Crippen LogP) is 4.35. The monoisotopic (exact) mass is 182 g/mol. The maximum absolute atomic E-state index is 2.44. The molecular formula is C13H26. The fourth-order valence-electron chi connectivity index (χ4n) is 2.41. The van der Waals surface area contributed by atoms with E-state index in [4.69, 9.17) is 0 Å². The van der Waals surface area contributed by atoms with Gasteiger partial charge in [-0.1, -0.05) is 34.6 Å². The standard InChI is InChI=1S/C13H26/c1-9(2)6-10(3)11(4)7-13-8-12(13)5/h9-13H,6-8H2,1-5H3. The topological polar surface area (TPSA) is 0 Å². The Morgan fingerprint density at radius 1 is 1.08 bits per heavy atom. The first-order valence-corrected chi connectivity index (χ1v) is 6.00. The Labute approximate surface area is 84.1 Å². The number of rotatable bonds is 5. The molecule has 13 heavy (non-hydrogen) atoms. The van der Waals surface area contributed by atoms with Gasteiger partial charge in [-0.05, 0) is 48.9 Å². The van der Waals surface area contributed by atoms with Gasteiger partial charge in [0.1, 0.15) is 0 Å². The molecule has 0 nitrogen and oxygen atoms in total. The zero-order chi connectivity index (χ0) is 10.0. The summed E-state index contributed by atoms with van der Waals surface area (Å²) in [7, 11) is 0. The fourth-order valence-corrected chi connectivity index (χ4v) is 2.41. The molecule has 0 heteroatoms. The van der Waals surface area contributed by atoms with E-state index in [0.29, 0.717) is 0 Å². The summed E-state index contributed by atoms with van der Waals surface area (Å²) in [6, 6.07) is 0. The summed E-state index contributed by atoms with van der Waals surface area (Å²) in [5, 5.41) is 0. The molecule has 1 saturated carbocycles. The van der Waals surface area contributed by atoms with Crippen LogP contribution in [0.4, 0.5) is 0 Å². The van der Waals surface area contributed by atoms with Crippen molar-refractivity contribution < 1.29 is 0 Å². The molecule has 0 aromatic carbocycles. The summed E-state index contributed by atoms with van der Waals surface area (Å²) in [5.41, 5.74) is 0. The van der Waals surface area contributed by atoms with Crippen LogP contribution in [0.1, 0.15) is 53.9 Å². The lowest BCUT2D eigenvalue weighted by atomic mass is 9.85. The molecule has 0 saturated heterocycles. The summed E-state index contributed by atoms with van der Waals surface area (Å²) < 4.78 is 0. The van der Waals surface area contributed by atoms with Crippen LogP contribution in [0.25, 0.3) is 0 Å². The van der Waals surface area contributed by atoms with Crippen molar-refractivity contribution in [3.05, 3.63) is 0 Å². The van der Waals surface area contributed by atoms with Crippen LogP contribution in [-0.4, -0.2) is 0 Å². The van der Waals surface area contributed by atoms with Gasteiger partial charge in [-0.2, -0.15) is 0 Å². The summed E-state index contributed by atoms with van der Waals surface area (Å²) in [6.07, 6.45) is 4.38. The molecule has 1 aliphatic carbocycles. The lowest BCUT2D eigenvalue weighted by molar-refractivity contribution is 0.294. The van der Waals surface area contributed by atoms with Crippen molar-refractivity contribution in [1.29, 1.82) is 0 Å². The van der Waals surface area contributed by atoms with Crippen molar-refractivity contribution in [3.8, 4) is 0 Å². The first-order chi connectivity index (χ1) is 6.00. The van der Waals surface area contributed by atoms with Crippen LogP contribution in [0.15, 0.2) is 0 Å². The van der Waals surface area contributed by atoms with Gasteiger partial charge in [0.2, 0.25) is 0 Å². The molecule has 0 aromatic rings. The average Bonchev–Trinajstić information content (AvgIpc) is 2.64. The molecule has 4 unspecified atom stereocenters. The van der Waals surface area contributed by atoms with Gasteiger partial charge in [0, 0.05) is 0 Å². The second-order valence-electron chi connectivity index (χ2n) is 5.79. The Balaban J connectivity index is 2.17. The molecule has 0 bridgehead atoms. The summed E-state index contributed by atoms with van der Waals surface area (Å²) in [5.74, 6) is 4.84. The first kappa shape index (κ1) is 11.1. The van der Waals surface area contributed by atoms with E-state index >= 15 is 0 Å². The van der Waals surface area contributed by atoms with Gasteiger partial charge >= 0.3 is 0 Å². The predicted molar refractivity (Wildman–Crippen MR) is 59.7 cm³/mol. The second kappa shape index (κ2) is 4.48. The van der Waals surface area contributed by atoms with E-state index in [9.17, 15) is 0 Å². The van der Waals surface area contributed by atoms with Crippen LogP contribution < -0.4 is 0 Å². The minimum atomic E-state index is 0.870. The Bertz CT molecular complexity index is 148. The summed E-state index contributed by atoms with van der Waals surface area (Å²) in [4.78, 5) is 0. The van der Waals surface area contributed by atoms with Gasteiger partial charge in [-0.25, -0.2) is 0 Å². The van der Waals surface area contributed by atoms with Gasteiger partial charge in [-0.15, -0.1) is 0 Å². The quantitative estimate of drug-likeness (QED) is 0.593. The van der Waals surface area contributed by atoms with E-state index in [2.05, 4.69) is 34.6 Å². The molecular weight excluding hydrogens is 156 g/mol. The third kappa shape index (κ3) is 3.70. The summed E-state index contributed by atoms with van der Waals surface area (Å²) >= 11 is 0. The van der Waals surface area contributed by atoms with E-state index < -0.39 is 0 Å². The molecule has 0 aliphatic heterocycles. The van der Waals surface area contributed by atoms with Gasteiger partial charge < -0.3 is 0 Å². The van der Waals surface area contributed by atoms with Crippen LogP contribution in [0.3, 0.4) is 0 Å². The highest BCUT2D eigenvalue weighted by Crippen LogP contribution is 2.44. The Kier molecular flexibility index (Phi) is 3.82. The number of hydrogen-bond acceptors (Lipinski definition) is 0. The van der Waals surface area contributed by atoms with E-state index in [1.165, 1.54) is 19.3 Å². The van der Waals surface area contributed by atoms with Gasteiger partial charge in [0.15, 0.2) is 0 Å². The van der Waals surface area contributed by atoms with Crippen molar-refractivity contribution in [3.63, 3.8) is 0 Å². The fraction of sp³-hybridized carbons (Fsp3) is 1.00. The molecule has 0 aromatic heterocycles. The minimum absolute atomic E-state index is 0.870. The molecule has 0 heterocycles. The van der Waals surface area contributed by atoms with E-state index in [1.54, 1.807) is 0 Å². The zero-order valence-electron chi connectivity index (χ0n) is 10.0. The summed E-state index contributed by atoms with van der Waals surface area (Å²) in [6.45, 7) is 11.9. The van der Waals surface area contributed by atoms with Crippen molar-refractivity contribution in [2.24, 2.45) is 29.6 Å². The van der Waals surface area contributed by atoms with Crippen LogP contribution >= 0.6 is 0 Å². The molecule has 1 fully saturated rings. The van der Waals surface area contributed by atoms with Gasteiger partial charge in [-0.3, -0.25) is 0 Å². The Hall–Kier alpha value is 0. The van der Waals surface area contributed by atoms with Crippen LogP contribution in [0.5, 0.6) is 0 Å². The third-order valence-electron chi connectivity index (χ3n) is 3.77. The maximum atomic E-state index is 2.44. The lowest BCUT2D eigenvalue weighted by Gasteiger charge is -2.21. The Morgan fingerprint density at radius 2 is 1.62 bits per heavy atom. The molecule has 4 atom stereocenters. The van der Waals surface area contributed by atoms with Crippen LogP contribution in [0, 0.1) is 29.6 Å². The van der Waals surface area contributed by atoms with Crippen molar-refractivity contribution in [2.45, 2.75) is 53.9 Å². The van der Waals surface area contributed by atoms with Crippen LogP contribution in [0.2, 0.25) is 0 Å². The maximum Gasteiger partial charge on any atom is -0.0383 e. The average molecular weight is 182 g/mol. The molecule has 1 rings (SSSR count). The van der Waals surface area contributed by atoms with Crippen LogP contribution in [-0.2, 0) is 0 Å². The first-order valence-electron chi connectivity index (χ1n) is 6.00. The Morgan fingerprint density at radius 3 is 2.00 bits per heavy atom.